The highest BCUT2D eigenvalue weighted by atomic mass is 32.2. The first kappa shape index (κ1) is 25.3. The molecule has 0 bridgehead atoms. The average molecular weight is 509 g/mol. The number of hydrogen-bond acceptors (Lipinski definition) is 9. The van der Waals surface area contributed by atoms with Gasteiger partial charge in [0.15, 0.2) is 5.17 Å². The first-order valence-corrected chi connectivity index (χ1v) is 12.3. The molecule has 188 valence electrons. The van der Waals surface area contributed by atoms with Crippen LogP contribution in [0.5, 0.6) is 11.5 Å². The number of esters is 1. The van der Waals surface area contributed by atoms with E-state index in [-0.39, 0.29) is 12.3 Å². The molecule has 0 aliphatic carbocycles. The van der Waals surface area contributed by atoms with Gasteiger partial charge in [0.1, 0.15) is 11.5 Å². The highest BCUT2D eigenvalue weighted by Crippen LogP contribution is 2.46. The summed E-state index contributed by atoms with van der Waals surface area (Å²) in [6, 6.07) is 10.6. The molecule has 9 nitrogen and oxygen atoms in total. The minimum Gasteiger partial charge on any atom is -0.497 e. The second-order valence-corrected chi connectivity index (χ2v) is 8.96. The topological polar surface area (TPSA) is 102 Å². The summed E-state index contributed by atoms with van der Waals surface area (Å²) in [5.74, 6) is 0.546. The Hall–Kier alpha value is -3.79. The molecule has 0 saturated carbocycles. The van der Waals surface area contributed by atoms with E-state index in [1.165, 1.54) is 18.9 Å². The van der Waals surface area contributed by atoms with Crippen molar-refractivity contribution in [1.82, 2.24) is 15.2 Å². The molecule has 1 unspecified atom stereocenters. The van der Waals surface area contributed by atoms with Gasteiger partial charge in [-0.1, -0.05) is 17.8 Å². The fraction of sp³-hybridized carbons (Fsp3) is 0.308. The molecular formula is C26H28N4O5S. The van der Waals surface area contributed by atoms with Crippen LogP contribution < -0.4 is 14.8 Å². The largest absolute Gasteiger partial charge is 0.497 e. The molecule has 1 atom stereocenters. The minimum atomic E-state index is -0.573. The molecule has 3 heterocycles. The molecule has 4 rings (SSSR count). The Balaban J connectivity index is 1.61. The summed E-state index contributed by atoms with van der Waals surface area (Å²) in [7, 11) is 4.48. The molecule has 36 heavy (non-hydrogen) atoms. The van der Waals surface area contributed by atoms with Crippen LogP contribution in [0.4, 0.5) is 0 Å². The van der Waals surface area contributed by atoms with Crippen molar-refractivity contribution in [2.75, 3.05) is 27.9 Å². The first-order valence-electron chi connectivity index (χ1n) is 11.4. The van der Waals surface area contributed by atoms with E-state index in [0.29, 0.717) is 40.9 Å². The summed E-state index contributed by atoms with van der Waals surface area (Å²) in [6.07, 6.45) is 2.49. The molecule has 0 saturated heterocycles. The van der Waals surface area contributed by atoms with Crippen molar-refractivity contribution >= 4 is 28.8 Å². The van der Waals surface area contributed by atoms with Crippen molar-refractivity contribution in [2.24, 2.45) is 4.99 Å². The molecule has 1 aromatic heterocycles. The third-order valence-electron chi connectivity index (χ3n) is 5.87. The second-order valence-electron chi connectivity index (χ2n) is 8.13. The van der Waals surface area contributed by atoms with E-state index in [1.807, 2.05) is 40.6 Å². The number of aliphatic imine (C=N–C) groups is 1. The lowest BCUT2D eigenvalue weighted by molar-refractivity contribution is -0.136. The highest BCUT2D eigenvalue weighted by molar-refractivity contribution is 8.16. The van der Waals surface area contributed by atoms with Crippen LogP contribution in [0.3, 0.4) is 0 Å². The van der Waals surface area contributed by atoms with E-state index in [2.05, 4.69) is 15.3 Å². The highest BCUT2D eigenvalue weighted by Gasteiger charge is 2.41. The van der Waals surface area contributed by atoms with Gasteiger partial charge >= 0.3 is 5.97 Å². The number of pyridine rings is 1. The smallest absolute Gasteiger partial charge is 0.338 e. The van der Waals surface area contributed by atoms with Gasteiger partial charge in [-0.2, -0.15) is 0 Å². The summed E-state index contributed by atoms with van der Waals surface area (Å²) in [5, 5.41) is 5.54. The van der Waals surface area contributed by atoms with Gasteiger partial charge < -0.3 is 24.4 Å². The minimum absolute atomic E-state index is 0.124. The molecule has 2 aliphatic heterocycles. The Kier molecular flexibility index (Phi) is 7.94. The van der Waals surface area contributed by atoms with Crippen molar-refractivity contribution in [3.63, 3.8) is 0 Å². The molecular weight excluding hydrogens is 480 g/mol. The number of fused-ring (bicyclic) bond motifs is 1. The van der Waals surface area contributed by atoms with Gasteiger partial charge in [-0.05, 0) is 42.2 Å². The lowest BCUT2D eigenvalue weighted by Crippen LogP contribution is -2.38. The van der Waals surface area contributed by atoms with Crippen molar-refractivity contribution in [3.05, 3.63) is 76.2 Å². The lowest BCUT2D eigenvalue weighted by atomic mass is 9.93. The molecule has 1 aromatic carbocycles. The van der Waals surface area contributed by atoms with Gasteiger partial charge in [-0.15, -0.1) is 0 Å². The summed E-state index contributed by atoms with van der Waals surface area (Å²) >= 11 is 1.42. The van der Waals surface area contributed by atoms with Crippen LogP contribution in [-0.4, -0.2) is 54.8 Å². The Morgan fingerprint density at radius 2 is 1.86 bits per heavy atom. The van der Waals surface area contributed by atoms with Crippen LogP contribution in [0.2, 0.25) is 0 Å². The molecule has 10 heteroatoms. The number of nitrogens with zero attached hydrogens (tertiary/aromatic N) is 3. The molecule has 2 aromatic rings. The van der Waals surface area contributed by atoms with Gasteiger partial charge in [0, 0.05) is 36.6 Å². The molecule has 1 N–H and O–H groups in total. The standard InChI is InChI=1S/C26H28N4O5S/c1-16-23(25(32)35-4)24(17-11-20(33-2)14-21(12-17)34-3)30-19(15-36-26(30)29-16)13-22(31)28-10-8-18-7-5-6-9-27-18/h5-7,9,11-12,14-15,24H,8,10,13H2,1-4H3,(H,28,31). The number of ether oxygens (including phenoxy) is 3. The summed E-state index contributed by atoms with van der Waals surface area (Å²) in [6.45, 7) is 2.25. The van der Waals surface area contributed by atoms with E-state index < -0.39 is 12.0 Å². The summed E-state index contributed by atoms with van der Waals surface area (Å²) in [5.41, 5.74) is 3.34. The third-order valence-corrected chi connectivity index (χ3v) is 6.76. The fourth-order valence-corrected chi connectivity index (χ4v) is 5.11. The number of benzene rings is 1. The number of rotatable bonds is 9. The van der Waals surface area contributed by atoms with Gasteiger partial charge in [-0.25, -0.2) is 9.79 Å². The number of carbonyl (C=O) groups is 2. The monoisotopic (exact) mass is 508 g/mol. The van der Waals surface area contributed by atoms with E-state index in [4.69, 9.17) is 14.2 Å². The van der Waals surface area contributed by atoms with Crippen molar-refractivity contribution < 1.29 is 23.8 Å². The molecule has 0 radical (unpaired) electrons. The lowest BCUT2D eigenvalue weighted by Gasteiger charge is -2.36. The predicted octanol–water partition coefficient (Wildman–Crippen LogP) is 3.60. The molecule has 0 spiro atoms. The number of methoxy groups -OCH3 is 3. The summed E-state index contributed by atoms with van der Waals surface area (Å²) < 4.78 is 16.1. The maximum absolute atomic E-state index is 12.9. The van der Waals surface area contributed by atoms with Crippen molar-refractivity contribution in [2.45, 2.75) is 25.8 Å². The zero-order valence-corrected chi connectivity index (χ0v) is 21.4. The van der Waals surface area contributed by atoms with E-state index >= 15 is 0 Å². The second kappa shape index (κ2) is 11.3. The Labute approximate surface area is 214 Å². The predicted molar refractivity (Wildman–Crippen MR) is 138 cm³/mol. The van der Waals surface area contributed by atoms with Crippen LogP contribution in [0, 0.1) is 0 Å². The van der Waals surface area contributed by atoms with E-state index in [1.54, 1.807) is 33.4 Å². The van der Waals surface area contributed by atoms with Crippen LogP contribution in [0.25, 0.3) is 0 Å². The van der Waals surface area contributed by atoms with Gasteiger partial charge in [0.25, 0.3) is 0 Å². The zero-order valence-electron chi connectivity index (χ0n) is 20.6. The first-order chi connectivity index (χ1) is 17.4. The molecule has 0 fully saturated rings. The number of amidine groups is 1. The Bertz CT molecular complexity index is 1220. The number of allylic oxidation sites excluding steroid dienone is 1. The van der Waals surface area contributed by atoms with Gasteiger partial charge in [0.2, 0.25) is 5.91 Å². The van der Waals surface area contributed by atoms with Gasteiger partial charge in [-0.3, -0.25) is 9.78 Å². The van der Waals surface area contributed by atoms with Crippen molar-refractivity contribution in [1.29, 1.82) is 0 Å². The number of aromatic nitrogens is 1. The normalized spacial score (nSPS) is 16.7. The maximum atomic E-state index is 12.9. The molecule has 2 aliphatic rings. The third kappa shape index (κ3) is 5.38. The number of hydrogen-bond donors (Lipinski definition) is 1. The van der Waals surface area contributed by atoms with Gasteiger partial charge in [0.05, 0.1) is 45.1 Å². The summed E-state index contributed by atoms with van der Waals surface area (Å²) in [4.78, 5) is 36.6. The quantitative estimate of drug-likeness (QED) is 0.513. The van der Waals surface area contributed by atoms with Crippen LogP contribution in [0.1, 0.15) is 30.6 Å². The Morgan fingerprint density at radius 3 is 2.50 bits per heavy atom. The van der Waals surface area contributed by atoms with Crippen LogP contribution >= 0.6 is 11.8 Å². The fourth-order valence-electron chi connectivity index (χ4n) is 4.15. The number of thioether (sulfide) groups is 1. The van der Waals surface area contributed by atoms with Crippen molar-refractivity contribution in [3.8, 4) is 11.5 Å². The van der Waals surface area contributed by atoms with E-state index in [9.17, 15) is 9.59 Å². The zero-order chi connectivity index (χ0) is 25.7. The van der Waals surface area contributed by atoms with Crippen LogP contribution in [0.15, 0.2) is 70.0 Å². The SMILES string of the molecule is COC(=O)C1=C(C)N=C2SC=C(CC(=O)NCCc3ccccn3)N2C1c1cc(OC)cc(OC)c1. The number of carbonyl (C=O) groups excluding carboxylic acids is 2. The Morgan fingerprint density at radius 1 is 1.11 bits per heavy atom. The average Bonchev–Trinajstić information content (AvgIpc) is 3.29. The number of amides is 1. The molecule has 1 amide bonds. The van der Waals surface area contributed by atoms with E-state index in [0.717, 1.165) is 17.0 Å². The maximum Gasteiger partial charge on any atom is 0.338 e. The number of nitrogens with one attached hydrogen (secondary N) is 1. The van der Waals surface area contributed by atoms with Crippen LogP contribution in [-0.2, 0) is 20.7 Å².